The lowest BCUT2D eigenvalue weighted by atomic mass is 10.1. The van der Waals surface area contributed by atoms with Gasteiger partial charge in [0, 0.05) is 24.7 Å². The SMILES string of the molecule is C[C@H](OC(=O)[C@@H]1CC(=O)N([C@H](C)c2ccccc2)C1)C(=O)Nc1ccc(F)c(F)c1. The van der Waals surface area contributed by atoms with Crippen molar-refractivity contribution in [3.05, 3.63) is 65.7 Å². The zero-order valence-corrected chi connectivity index (χ0v) is 16.6. The molecule has 0 aliphatic carbocycles. The van der Waals surface area contributed by atoms with Crippen LogP contribution in [-0.2, 0) is 19.1 Å². The van der Waals surface area contributed by atoms with E-state index in [2.05, 4.69) is 5.32 Å². The van der Waals surface area contributed by atoms with E-state index in [1.165, 1.54) is 13.0 Å². The molecule has 1 heterocycles. The molecule has 1 aliphatic heterocycles. The lowest BCUT2D eigenvalue weighted by Gasteiger charge is -2.25. The Bertz CT molecular complexity index is 951. The third-order valence-corrected chi connectivity index (χ3v) is 5.09. The van der Waals surface area contributed by atoms with Gasteiger partial charge in [-0.05, 0) is 31.5 Å². The molecule has 0 spiro atoms. The average molecular weight is 416 g/mol. The lowest BCUT2D eigenvalue weighted by Crippen LogP contribution is -2.33. The summed E-state index contributed by atoms with van der Waals surface area (Å²) in [4.78, 5) is 38.7. The van der Waals surface area contributed by atoms with Gasteiger partial charge in [0.15, 0.2) is 17.7 Å². The van der Waals surface area contributed by atoms with Gasteiger partial charge in [0.25, 0.3) is 5.91 Å². The summed E-state index contributed by atoms with van der Waals surface area (Å²) in [7, 11) is 0. The Kier molecular flexibility index (Phi) is 6.44. The Morgan fingerprint density at radius 3 is 2.47 bits per heavy atom. The van der Waals surface area contributed by atoms with E-state index in [4.69, 9.17) is 4.74 Å². The number of carbonyl (C=O) groups is 3. The van der Waals surface area contributed by atoms with Crippen molar-refractivity contribution in [1.29, 1.82) is 0 Å². The fourth-order valence-corrected chi connectivity index (χ4v) is 3.32. The number of rotatable bonds is 6. The minimum Gasteiger partial charge on any atom is -0.452 e. The second-order valence-corrected chi connectivity index (χ2v) is 7.23. The average Bonchev–Trinajstić information content (AvgIpc) is 3.12. The molecule has 3 rings (SSSR count). The predicted octanol–water partition coefficient (Wildman–Crippen LogP) is 3.44. The van der Waals surface area contributed by atoms with E-state index in [1.807, 2.05) is 37.3 Å². The molecular formula is C22H22F2N2O4. The first-order chi connectivity index (χ1) is 14.3. The number of ether oxygens (including phenoxy) is 1. The lowest BCUT2D eigenvalue weighted by molar-refractivity contribution is -0.157. The second kappa shape index (κ2) is 9.02. The van der Waals surface area contributed by atoms with E-state index < -0.39 is 35.5 Å². The summed E-state index contributed by atoms with van der Waals surface area (Å²) in [6, 6.07) is 12.2. The summed E-state index contributed by atoms with van der Waals surface area (Å²) in [5.41, 5.74) is 1.000. The number of nitrogens with zero attached hydrogens (tertiary/aromatic N) is 1. The zero-order valence-electron chi connectivity index (χ0n) is 16.6. The Labute approximate surface area is 172 Å². The molecule has 158 valence electrons. The van der Waals surface area contributed by atoms with Crippen LogP contribution in [0.3, 0.4) is 0 Å². The van der Waals surface area contributed by atoms with Crippen molar-refractivity contribution < 1.29 is 27.9 Å². The standard InChI is InChI=1S/C22H22F2N2O4/c1-13(15-6-4-3-5-7-15)26-12-16(10-20(26)27)22(29)30-14(2)21(28)25-17-8-9-18(23)19(24)11-17/h3-9,11,13-14,16H,10,12H2,1-2H3,(H,25,28)/t13-,14+,16-/m1/s1. The van der Waals surface area contributed by atoms with Gasteiger partial charge in [0.05, 0.1) is 12.0 Å². The molecule has 6 nitrogen and oxygen atoms in total. The third kappa shape index (κ3) is 4.82. The molecular weight excluding hydrogens is 394 g/mol. The van der Waals surface area contributed by atoms with Crippen molar-refractivity contribution in [2.45, 2.75) is 32.4 Å². The molecule has 30 heavy (non-hydrogen) atoms. The molecule has 0 unspecified atom stereocenters. The molecule has 0 radical (unpaired) electrons. The molecule has 1 aliphatic rings. The number of hydrogen-bond acceptors (Lipinski definition) is 4. The first kappa shape index (κ1) is 21.4. The fraction of sp³-hybridized carbons (Fsp3) is 0.318. The van der Waals surface area contributed by atoms with E-state index in [1.54, 1.807) is 4.90 Å². The molecule has 2 aromatic rings. The van der Waals surface area contributed by atoms with Gasteiger partial charge in [-0.1, -0.05) is 30.3 Å². The van der Waals surface area contributed by atoms with Crippen LogP contribution in [0.1, 0.15) is 31.9 Å². The van der Waals surface area contributed by atoms with Gasteiger partial charge in [0.2, 0.25) is 5.91 Å². The molecule has 1 fully saturated rings. The summed E-state index contributed by atoms with van der Waals surface area (Å²) in [6.45, 7) is 3.46. The molecule has 1 saturated heterocycles. The number of amides is 2. The van der Waals surface area contributed by atoms with Crippen LogP contribution in [0.2, 0.25) is 0 Å². The summed E-state index contributed by atoms with van der Waals surface area (Å²) in [5, 5.41) is 2.36. The van der Waals surface area contributed by atoms with Gasteiger partial charge >= 0.3 is 5.97 Å². The van der Waals surface area contributed by atoms with Crippen LogP contribution in [0.4, 0.5) is 14.5 Å². The van der Waals surface area contributed by atoms with Crippen molar-refractivity contribution in [1.82, 2.24) is 4.90 Å². The molecule has 8 heteroatoms. The van der Waals surface area contributed by atoms with E-state index in [0.29, 0.717) is 0 Å². The molecule has 2 aromatic carbocycles. The van der Waals surface area contributed by atoms with Crippen molar-refractivity contribution in [3.8, 4) is 0 Å². The summed E-state index contributed by atoms with van der Waals surface area (Å²) >= 11 is 0. The molecule has 0 bridgehead atoms. The molecule has 2 amide bonds. The molecule has 0 saturated carbocycles. The highest BCUT2D eigenvalue weighted by molar-refractivity contribution is 5.95. The number of halogens is 2. The zero-order chi connectivity index (χ0) is 21.8. The normalized spacial score (nSPS) is 18.1. The maximum absolute atomic E-state index is 13.3. The Morgan fingerprint density at radius 1 is 1.10 bits per heavy atom. The number of likely N-dealkylation sites (tertiary alicyclic amines) is 1. The number of anilines is 1. The topological polar surface area (TPSA) is 75.7 Å². The van der Waals surface area contributed by atoms with Crippen LogP contribution in [0.25, 0.3) is 0 Å². The maximum atomic E-state index is 13.3. The fourth-order valence-electron chi connectivity index (χ4n) is 3.32. The van der Waals surface area contributed by atoms with Crippen molar-refractivity contribution in [3.63, 3.8) is 0 Å². The van der Waals surface area contributed by atoms with Crippen molar-refractivity contribution in [2.24, 2.45) is 5.92 Å². The summed E-state index contributed by atoms with van der Waals surface area (Å²) in [6.07, 6.45) is -1.16. The number of carbonyl (C=O) groups excluding carboxylic acids is 3. The number of hydrogen-bond donors (Lipinski definition) is 1. The number of nitrogens with one attached hydrogen (secondary N) is 1. The van der Waals surface area contributed by atoms with Crippen LogP contribution in [0.5, 0.6) is 0 Å². The van der Waals surface area contributed by atoms with E-state index in [0.717, 1.165) is 17.7 Å². The highest BCUT2D eigenvalue weighted by Crippen LogP contribution is 2.29. The first-order valence-electron chi connectivity index (χ1n) is 9.57. The quantitative estimate of drug-likeness (QED) is 0.732. The van der Waals surface area contributed by atoms with Crippen LogP contribution in [0, 0.1) is 17.6 Å². The second-order valence-electron chi connectivity index (χ2n) is 7.23. The number of benzene rings is 2. The monoisotopic (exact) mass is 416 g/mol. The van der Waals surface area contributed by atoms with Gasteiger partial charge < -0.3 is 15.0 Å². The van der Waals surface area contributed by atoms with Crippen LogP contribution in [-0.4, -0.2) is 35.3 Å². The maximum Gasteiger partial charge on any atom is 0.312 e. The van der Waals surface area contributed by atoms with Crippen LogP contribution < -0.4 is 5.32 Å². The minimum absolute atomic E-state index is 0.00746. The van der Waals surface area contributed by atoms with Crippen molar-refractivity contribution in [2.75, 3.05) is 11.9 Å². The number of esters is 1. The summed E-state index contributed by atoms with van der Waals surface area (Å²) in [5.74, 6) is -4.32. The minimum atomic E-state index is -1.17. The molecule has 1 N–H and O–H groups in total. The first-order valence-corrected chi connectivity index (χ1v) is 9.57. The van der Waals surface area contributed by atoms with Gasteiger partial charge in [-0.3, -0.25) is 14.4 Å². The van der Waals surface area contributed by atoms with E-state index in [9.17, 15) is 23.2 Å². The van der Waals surface area contributed by atoms with Crippen LogP contribution in [0.15, 0.2) is 48.5 Å². The van der Waals surface area contributed by atoms with Gasteiger partial charge in [0.1, 0.15) is 0 Å². The smallest absolute Gasteiger partial charge is 0.312 e. The molecule has 3 atom stereocenters. The largest absolute Gasteiger partial charge is 0.452 e. The van der Waals surface area contributed by atoms with Crippen molar-refractivity contribution >= 4 is 23.5 Å². The van der Waals surface area contributed by atoms with E-state index in [-0.39, 0.29) is 30.6 Å². The van der Waals surface area contributed by atoms with Gasteiger partial charge in [-0.15, -0.1) is 0 Å². The third-order valence-electron chi connectivity index (χ3n) is 5.09. The Balaban J connectivity index is 1.56. The highest BCUT2D eigenvalue weighted by atomic mass is 19.2. The Morgan fingerprint density at radius 2 is 1.80 bits per heavy atom. The summed E-state index contributed by atoms with van der Waals surface area (Å²) < 4.78 is 31.4. The van der Waals surface area contributed by atoms with Gasteiger partial charge in [-0.25, -0.2) is 8.78 Å². The van der Waals surface area contributed by atoms with Crippen LogP contribution >= 0.6 is 0 Å². The molecule has 0 aromatic heterocycles. The predicted molar refractivity (Wildman–Crippen MR) is 105 cm³/mol. The Hall–Kier alpha value is -3.29. The highest BCUT2D eigenvalue weighted by Gasteiger charge is 2.38. The van der Waals surface area contributed by atoms with Gasteiger partial charge in [-0.2, -0.15) is 0 Å². The van der Waals surface area contributed by atoms with E-state index >= 15 is 0 Å².